The predicted octanol–water partition coefficient (Wildman–Crippen LogP) is 6.70. The van der Waals surface area contributed by atoms with E-state index in [4.69, 9.17) is 9.72 Å². The van der Waals surface area contributed by atoms with Gasteiger partial charge in [-0.2, -0.15) is 10.1 Å². The first-order chi connectivity index (χ1) is 32.7. The van der Waals surface area contributed by atoms with E-state index in [1.54, 1.807) is 43.5 Å². The molecule has 6 heterocycles. The fourth-order valence-electron chi connectivity index (χ4n) is 9.99. The number of ether oxygens (including phenoxy) is 1. The minimum Gasteiger partial charge on any atom is -0.494 e. The van der Waals surface area contributed by atoms with Crippen LogP contribution in [0.15, 0.2) is 71.6 Å². The Morgan fingerprint density at radius 3 is 2.28 bits per heavy atom. The third-order valence-corrected chi connectivity index (χ3v) is 16.0. The van der Waals surface area contributed by atoms with Crippen LogP contribution in [0.1, 0.15) is 70.7 Å². The second-order valence-electron chi connectivity index (χ2n) is 18.9. The Morgan fingerprint density at radius 2 is 1.59 bits per heavy atom. The molecule has 4 aliphatic heterocycles. The molecular formula is C49H55BrN11O6P. The molecule has 1 unspecified atom stereocenters. The van der Waals surface area contributed by atoms with E-state index in [-0.39, 0.29) is 18.4 Å². The number of benzene rings is 3. The number of hydrogen-bond donors (Lipinski definition) is 3. The molecule has 4 amide bonds. The molecule has 10 rings (SSSR count). The molecule has 1 saturated carbocycles. The Hall–Kier alpha value is -6.10. The third kappa shape index (κ3) is 9.25. The largest absolute Gasteiger partial charge is 0.494 e. The van der Waals surface area contributed by atoms with Crippen LogP contribution in [-0.2, 0) is 21.2 Å². The highest BCUT2D eigenvalue weighted by molar-refractivity contribution is 9.10. The summed E-state index contributed by atoms with van der Waals surface area (Å²) in [5, 5.41) is 14.4. The van der Waals surface area contributed by atoms with Gasteiger partial charge in [-0.15, -0.1) is 0 Å². The number of aromatic nitrogens is 4. The molecule has 2 aromatic heterocycles. The Kier molecular flexibility index (Phi) is 12.4. The van der Waals surface area contributed by atoms with Crippen LogP contribution >= 0.6 is 23.1 Å². The molecule has 3 aromatic carbocycles. The minimum atomic E-state index is -2.61. The number of rotatable bonds is 13. The van der Waals surface area contributed by atoms with Crippen molar-refractivity contribution in [1.29, 1.82) is 0 Å². The Labute approximate surface area is 403 Å². The van der Waals surface area contributed by atoms with Crippen molar-refractivity contribution in [2.75, 3.05) is 86.7 Å². The highest BCUT2D eigenvalue weighted by Gasteiger charge is 2.45. The average molecular weight is 1000 g/mol. The maximum atomic E-state index is 13.5. The van der Waals surface area contributed by atoms with Crippen LogP contribution in [-0.4, -0.2) is 125 Å². The van der Waals surface area contributed by atoms with Gasteiger partial charge in [-0.3, -0.25) is 39.0 Å². The summed E-state index contributed by atoms with van der Waals surface area (Å²) in [5.74, 6) is 0.634. The lowest BCUT2D eigenvalue weighted by molar-refractivity contribution is -0.136. The highest BCUT2D eigenvalue weighted by Crippen LogP contribution is 2.45. The number of hydrogen-bond acceptors (Lipinski definition) is 14. The van der Waals surface area contributed by atoms with Gasteiger partial charge in [0.1, 0.15) is 24.8 Å². The third-order valence-electron chi connectivity index (χ3n) is 13.9. The summed E-state index contributed by atoms with van der Waals surface area (Å²) in [6, 6.07) is 14.7. The average Bonchev–Trinajstić information content (AvgIpc) is 4.04. The molecule has 0 spiro atoms. The number of nitrogens with zero attached hydrogens (tertiary/aromatic N) is 8. The highest BCUT2D eigenvalue weighted by atomic mass is 79.9. The monoisotopic (exact) mass is 1000 g/mol. The fraction of sp³-hybridized carbons (Fsp3) is 0.408. The number of imide groups is 2. The molecule has 1 aliphatic carbocycles. The number of aryl methyl sites for hydroxylation is 1. The standard InChI is InChI=1S/C49H55BrN11O6P/c1-57-28-32(25-52-57)35-23-39(54-49-51-26-37(50)45(56-49)53-38-10-7-31(30-5-6-30)21-43(38)68(3,4)66)42(67-2)24-41(35)60-15-13-29(14-16-60)27-58-17-19-59(20-18-58)33-8-9-34-36(22-33)48(65)61(47(34)64)40-11-12-44(62)55-46(40)63/h7-10,21-26,28-30,40H,5-6,11-20,27H2,1-4H3,(H,55,62,63)(H2,51,53,54,56). The van der Waals surface area contributed by atoms with E-state index in [0.29, 0.717) is 45.1 Å². The molecule has 3 N–H and O–H groups in total. The lowest BCUT2D eigenvalue weighted by atomic mass is 9.94. The van der Waals surface area contributed by atoms with Gasteiger partial charge in [0, 0.05) is 106 Å². The van der Waals surface area contributed by atoms with E-state index in [2.05, 4.69) is 80.9 Å². The van der Waals surface area contributed by atoms with E-state index in [1.807, 2.05) is 31.6 Å². The van der Waals surface area contributed by atoms with E-state index in [1.165, 1.54) is 18.4 Å². The summed E-state index contributed by atoms with van der Waals surface area (Å²) in [6.45, 7) is 9.66. The van der Waals surface area contributed by atoms with Crippen molar-refractivity contribution in [2.24, 2.45) is 13.0 Å². The fourth-order valence-corrected chi connectivity index (χ4v) is 11.4. The van der Waals surface area contributed by atoms with E-state index in [9.17, 15) is 23.7 Å². The van der Waals surface area contributed by atoms with Crippen LogP contribution in [0.2, 0.25) is 0 Å². The van der Waals surface area contributed by atoms with Gasteiger partial charge in [0.2, 0.25) is 17.8 Å². The number of anilines is 6. The second kappa shape index (κ2) is 18.4. The van der Waals surface area contributed by atoms with Gasteiger partial charge in [-0.25, -0.2) is 4.98 Å². The predicted molar refractivity (Wildman–Crippen MR) is 266 cm³/mol. The van der Waals surface area contributed by atoms with Gasteiger partial charge in [-0.05, 0) is 115 Å². The number of fused-ring (bicyclic) bond motifs is 1. The number of carbonyl (C=O) groups excluding carboxylic acids is 4. The molecule has 17 nitrogen and oxygen atoms in total. The Balaban J connectivity index is 0.791. The van der Waals surface area contributed by atoms with Crippen molar-refractivity contribution in [1.82, 2.24) is 34.9 Å². The molecule has 4 fully saturated rings. The topological polar surface area (TPSA) is 187 Å². The summed E-state index contributed by atoms with van der Waals surface area (Å²) >= 11 is 3.63. The molecule has 5 aromatic rings. The molecular weight excluding hydrogens is 949 g/mol. The first-order valence-electron chi connectivity index (χ1n) is 23.3. The van der Waals surface area contributed by atoms with E-state index >= 15 is 0 Å². The van der Waals surface area contributed by atoms with Crippen LogP contribution in [0.5, 0.6) is 5.75 Å². The van der Waals surface area contributed by atoms with Crippen molar-refractivity contribution in [2.45, 2.75) is 50.5 Å². The van der Waals surface area contributed by atoms with Gasteiger partial charge in [0.25, 0.3) is 11.8 Å². The van der Waals surface area contributed by atoms with E-state index in [0.717, 1.165) is 97.0 Å². The van der Waals surface area contributed by atoms with E-state index < -0.39 is 36.8 Å². The zero-order chi connectivity index (χ0) is 47.4. The van der Waals surface area contributed by atoms with Crippen LogP contribution in [0.25, 0.3) is 11.1 Å². The lowest BCUT2D eigenvalue weighted by Crippen LogP contribution is -2.54. The van der Waals surface area contributed by atoms with Crippen LogP contribution in [0.4, 0.5) is 34.5 Å². The first kappa shape index (κ1) is 45.7. The summed E-state index contributed by atoms with van der Waals surface area (Å²) < 4.78 is 22.0. The van der Waals surface area contributed by atoms with Gasteiger partial charge >= 0.3 is 0 Å². The first-order valence-corrected chi connectivity index (χ1v) is 26.6. The van der Waals surface area contributed by atoms with Crippen LogP contribution in [0, 0.1) is 5.92 Å². The number of piperidine rings is 2. The van der Waals surface area contributed by atoms with Gasteiger partial charge in [0.15, 0.2) is 0 Å². The number of halogens is 1. The van der Waals surface area contributed by atoms with Crippen molar-refractivity contribution >= 4 is 86.5 Å². The second-order valence-corrected chi connectivity index (χ2v) is 22.9. The Bertz CT molecular complexity index is 2880. The smallest absolute Gasteiger partial charge is 0.262 e. The SMILES string of the molecule is COc1cc(N2CCC(CN3CCN(c4ccc5c(c4)C(=O)N(C4CCC(=O)NC4=O)C5=O)CC3)CC2)c(-c2cnn(C)c2)cc1Nc1ncc(Br)c(Nc2ccc(C3CC3)cc2P(C)(C)=O)n1. The van der Waals surface area contributed by atoms with Crippen molar-refractivity contribution < 1.29 is 28.5 Å². The molecule has 0 radical (unpaired) electrons. The molecule has 0 bridgehead atoms. The molecule has 1 atom stereocenters. The zero-order valence-electron chi connectivity index (χ0n) is 38.6. The lowest BCUT2D eigenvalue weighted by Gasteiger charge is -2.40. The van der Waals surface area contributed by atoms with Gasteiger partial charge in [-0.1, -0.05) is 6.07 Å². The quantitative estimate of drug-likeness (QED) is 0.0836. The van der Waals surface area contributed by atoms with Crippen molar-refractivity contribution in [3.63, 3.8) is 0 Å². The minimum absolute atomic E-state index is 0.0850. The van der Waals surface area contributed by atoms with Crippen molar-refractivity contribution in [3.05, 3.63) is 88.3 Å². The maximum absolute atomic E-state index is 13.5. The Morgan fingerprint density at radius 1 is 0.824 bits per heavy atom. The molecule has 354 valence electrons. The summed E-state index contributed by atoms with van der Waals surface area (Å²) in [6.07, 6.45) is 10.2. The number of carbonyl (C=O) groups is 4. The molecule has 19 heteroatoms. The van der Waals surface area contributed by atoms with Crippen molar-refractivity contribution in [3.8, 4) is 16.9 Å². The zero-order valence-corrected chi connectivity index (χ0v) is 41.1. The van der Waals surface area contributed by atoms with Crippen LogP contribution < -0.4 is 35.8 Å². The molecule has 68 heavy (non-hydrogen) atoms. The maximum Gasteiger partial charge on any atom is 0.262 e. The number of nitrogens with one attached hydrogen (secondary N) is 3. The summed E-state index contributed by atoms with van der Waals surface area (Å²) in [4.78, 5) is 68.6. The summed E-state index contributed by atoms with van der Waals surface area (Å²) in [7, 11) is 0.971. The molecule has 3 saturated heterocycles. The van der Waals surface area contributed by atoms with Crippen LogP contribution in [0.3, 0.4) is 0 Å². The number of piperazine rings is 1. The normalized spacial score (nSPS) is 19.4. The summed E-state index contributed by atoms with van der Waals surface area (Å²) in [5.41, 5.74) is 7.20. The van der Waals surface area contributed by atoms with Gasteiger partial charge in [0.05, 0.1) is 40.3 Å². The number of methoxy groups -OCH3 is 1. The van der Waals surface area contributed by atoms with Gasteiger partial charge < -0.3 is 29.7 Å². The molecule has 5 aliphatic rings. The number of amides is 4.